The summed E-state index contributed by atoms with van der Waals surface area (Å²) in [6.45, 7) is 4.28. The first-order valence-electron chi connectivity index (χ1n) is 6.19. The fourth-order valence-electron chi connectivity index (χ4n) is 2.33. The molecule has 2 aliphatic rings. The molecule has 4 nitrogen and oxygen atoms in total. The first-order chi connectivity index (χ1) is 8.45. The average Bonchev–Trinajstić information content (AvgIpc) is 2.71. The highest BCUT2D eigenvalue weighted by atomic mass is 16.2. The van der Waals surface area contributed by atoms with Crippen molar-refractivity contribution in [2.24, 2.45) is 5.41 Å². The highest BCUT2D eigenvalue weighted by Gasteiger charge is 2.46. The van der Waals surface area contributed by atoms with Crippen molar-refractivity contribution in [3.63, 3.8) is 0 Å². The van der Waals surface area contributed by atoms with Gasteiger partial charge >= 0.3 is 0 Å². The van der Waals surface area contributed by atoms with E-state index in [2.05, 4.69) is 24.5 Å². The highest BCUT2D eigenvalue weighted by Crippen LogP contribution is 2.44. The first-order valence-corrected chi connectivity index (χ1v) is 6.19. The molecule has 1 aromatic carbocycles. The summed E-state index contributed by atoms with van der Waals surface area (Å²) >= 11 is 0. The zero-order valence-electron chi connectivity index (χ0n) is 10.5. The molecule has 0 spiro atoms. The van der Waals surface area contributed by atoms with Crippen LogP contribution in [0.25, 0.3) is 0 Å². The Labute approximate surface area is 106 Å². The van der Waals surface area contributed by atoms with Crippen LogP contribution in [-0.2, 0) is 11.2 Å². The number of hydrogen-bond donors (Lipinski definition) is 2. The van der Waals surface area contributed by atoms with Crippen LogP contribution in [-0.4, -0.2) is 17.9 Å². The summed E-state index contributed by atoms with van der Waals surface area (Å²) in [6, 6.07) is 5.64. The Morgan fingerprint density at radius 1 is 1.44 bits per heavy atom. The monoisotopic (exact) mass is 244 g/mol. The molecule has 1 saturated carbocycles. The normalized spacial score (nSPS) is 23.2. The van der Waals surface area contributed by atoms with Crippen molar-refractivity contribution in [2.45, 2.75) is 32.7 Å². The van der Waals surface area contributed by atoms with Crippen LogP contribution in [0.5, 0.6) is 0 Å². The second-order valence-electron chi connectivity index (χ2n) is 5.82. The largest absolute Gasteiger partial charge is 0.349 e. The zero-order valence-corrected chi connectivity index (χ0v) is 10.5. The summed E-state index contributed by atoms with van der Waals surface area (Å²) in [5, 5.41) is 5.78. The van der Waals surface area contributed by atoms with Gasteiger partial charge in [0.15, 0.2) is 0 Å². The van der Waals surface area contributed by atoms with Crippen LogP contribution < -0.4 is 10.6 Å². The number of nitrogens with one attached hydrogen (secondary N) is 2. The van der Waals surface area contributed by atoms with Gasteiger partial charge in [-0.05, 0) is 35.6 Å². The Bertz CT molecular complexity index is 549. The van der Waals surface area contributed by atoms with Crippen LogP contribution in [0.15, 0.2) is 18.2 Å². The number of rotatable bonds is 2. The van der Waals surface area contributed by atoms with E-state index in [4.69, 9.17) is 0 Å². The van der Waals surface area contributed by atoms with E-state index in [1.165, 1.54) is 0 Å². The van der Waals surface area contributed by atoms with E-state index in [1.54, 1.807) is 18.2 Å². The molecule has 0 aromatic heterocycles. The molecular weight excluding hydrogens is 228 g/mol. The van der Waals surface area contributed by atoms with Crippen LogP contribution in [0.4, 0.5) is 5.69 Å². The Morgan fingerprint density at radius 3 is 2.83 bits per heavy atom. The predicted molar refractivity (Wildman–Crippen MR) is 68.4 cm³/mol. The number of anilines is 1. The maximum absolute atomic E-state index is 12.0. The predicted octanol–water partition coefficient (Wildman–Crippen LogP) is 1.71. The molecule has 1 aliphatic carbocycles. The second kappa shape index (κ2) is 3.57. The van der Waals surface area contributed by atoms with Gasteiger partial charge in [0.1, 0.15) is 0 Å². The Balaban J connectivity index is 1.75. The second-order valence-corrected chi connectivity index (χ2v) is 5.82. The molecule has 18 heavy (non-hydrogen) atoms. The van der Waals surface area contributed by atoms with E-state index in [1.807, 2.05) is 0 Å². The lowest BCUT2D eigenvalue weighted by Crippen LogP contribution is -2.28. The molecule has 1 aromatic rings. The van der Waals surface area contributed by atoms with Crippen molar-refractivity contribution in [3.8, 4) is 0 Å². The fourth-order valence-corrected chi connectivity index (χ4v) is 2.33. The van der Waals surface area contributed by atoms with E-state index in [-0.39, 0.29) is 23.3 Å². The van der Waals surface area contributed by atoms with Crippen LogP contribution in [0, 0.1) is 5.41 Å². The molecule has 4 heteroatoms. The smallest absolute Gasteiger partial charge is 0.251 e. The molecule has 1 unspecified atom stereocenters. The van der Waals surface area contributed by atoms with Crippen molar-refractivity contribution in [2.75, 3.05) is 5.32 Å². The van der Waals surface area contributed by atoms with Gasteiger partial charge in [-0.25, -0.2) is 0 Å². The fraction of sp³-hybridized carbons (Fsp3) is 0.429. The van der Waals surface area contributed by atoms with E-state index in [0.29, 0.717) is 12.0 Å². The van der Waals surface area contributed by atoms with Gasteiger partial charge in [-0.1, -0.05) is 13.8 Å². The lowest BCUT2D eigenvalue weighted by Gasteiger charge is -2.08. The molecule has 1 atom stereocenters. The van der Waals surface area contributed by atoms with E-state index in [9.17, 15) is 9.59 Å². The third-order valence-corrected chi connectivity index (χ3v) is 3.81. The summed E-state index contributed by atoms with van der Waals surface area (Å²) < 4.78 is 0. The Morgan fingerprint density at radius 2 is 2.17 bits per heavy atom. The van der Waals surface area contributed by atoms with Gasteiger partial charge in [-0.2, -0.15) is 0 Å². The van der Waals surface area contributed by atoms with Crippen LogP contribution >= 0.6 is 0 Å². The minimum atomic E-state index is -0.0484. The van der Waals surface area contributed by atoms with Gasteiger partial charge in [-0.3, -0.25) is 9.59 Å². The maximum atomic E-state index is 12.0. The molecule has 94 valence electrons. The standard InChI is InChI=1S/C14H16N2O2/c1-14(2)7-11(14)16-13(18)8-3-4-10-9(5-8)6-12(17)15-10/h3-5,11H,6-7H2,1-2H3,(H,15,17)(H,16,18). The molecule has 0 saturated heterocycles. The number of hydrogen-bond acceptors (Lipinski definition) is 2. The minimum absolute atomic E-state index is 0.00844. The quantitative estimate of drug-likeness (QED) is 0.832. The van der Waals surface area contributed by atoms with Gasteiger partial charge in [-0.15, -0.1) is 0 Å². The average molecular weight is 244 g/mol. The summed E-state index contributed by atoms with van der Waals surface area (Å²) in [7, 11) is 0. The Hall–Kier alpha value is -1.84. The summed E-state index contributed by atoms with van der Waals surface area (Å²) in [4.78, 5) is 23.3. The maximum Gasteiger partial charge on any atom is 0.251 e. The minimum Gasteiger partial charge on any atom is -0.349 e. The van der Waals surface area contributed by atoms with Gasteiger partial charge < -0.3 is 10.6 Å². The molecule has 0 radical (unpaired) electrons. The molecule has 0 bridgehead atoms. The van der Waals surface area contributed by atoms with Crippen molar-refractivity contribution in [1.29, 1.82) is 0 Å². The van der Waals surface area contributed by atoms with Gasteiger partial charge in [0.25, 0.3) is 5.91 Å². The zero-order chi connectivity index (χ0) is 12.9. The first kappa shape index (κ1) is 11.3. The van der Waals surface area contributed by atoms with Crippen molar-refractivity contribution < 1.29 is 9.59 Å². The lowest BCUT2D eigenvalue weighted by atomic mass is 10.1. The van der Waals surface area contributed by atoms with Crippen molar-refractivity contribution in [1.82, 2.24) is 5.32 Å². The third kappa shape index (κ3) is 1.88. The van der Waals surface area contributed by atoms with E-state index >= 15 is 0 Å². The summed E-state index contributed by atoms with van der Waals surface area (Å²) in [5.74, 6) is -0.0568. The molecule has 1 fully saturated rings. The summed E-state index contributed by atoms with van der Waals surface area (Å²) in [6.07, 6.45) is 1.40. The number of fused-ring (bicyclic) bond motifs is 1. The molecular formula is C14H16N2O2. The number of carbonyl (C=O) groups excluding carboxylic acids is 2. The van der Waals surface area contributed by atoms with Crippen LogP contribution in [0.1, 0.15) is 36.2 Å². The molecule has 2 N–H and O–H groups in total. The molecule has 1 aliphatic heterocycles. The van der Waals surface area contributed by atoms with Gasteiger partial charge in [0.05, 0.1) is 6.42 Å². The lowest BCUT2D eigenvalue weighted by molar-refractivity contribution is -0.115. The summed E-state index contributed by atoms with van der Waals surface area (Å²) in [5.41, 5.74) is 2.59. The van der Waals surface area contributed by atoms with Gasteiger partial charge in [0.2, 0.25) is 5.91 Å². The molecule has 1 heterocycles. The number of carbonyl (C=O) groups is 2. The number of benzene rings is 1. The van der Waals surface area contributed by atoms with E-state index in [0.717, 1.165) is 17.7 Å². The highest BCUT2D eigenvalue weighted by molar-refractivity contribution is 6.01. The van der Waals surface area contributed by atoms with Crippen molar-refractivity contribution >= 4 is 17.5 Å². The molecule has 2 amide bonds. The van der Waals surface area contributed by atoms with Gasteiger partial charge in [0, 0.05) is 17.3 Å². The Kier molecular flexibility index (Phi) is 2.24. The van der Waals surface area contributed by atoms with Crippen molar-refractivity contribution in [3.05, 3.63) is 29.3 Å². The topological polar surface area (TPSA) is 58.2 Å². The van der Waals surface area contributed by atoms with E-state index < -0.39 is 0 Å². The number of amides is 2. The molecule has 3 rings (SSSR count). The van der Waals surface area contributed by atoms with Crippen LogP contribution in [0.2, 0.25) is 0 Å². The third-order valence-electron chi connectivity index (χ3n) is 3.81. The van der Waals surface area contributed by atoms with Crippen LogP contribution in [0.3, 0.4) is 0 Å². The SMILES string of the molecule is CC1(C)CC1NC(=O)c1ccc2c(c1)CC(=O)N2.